The number of benzene rings is 1. The van der Waals surface area contributed by atoms with Crippen LogP contribution in [0.4, 0.5) is 5.69 Å². The number of nitrogens with one attached hydrogen (secondary N) is 1. The van der Waals surface area contributed by atoms with Gasteiger partial charge in [-0.3, -0.25) is 4.79 Å². The van der Waals surface area contributed by atoms with E-state index in [4.69, 9.17) is 5.73 Å². The van der Waals surface area contributed by atoms with Crippen molar-refractivity contribution in [2.45, 2.75) is 70.2 Å². The fraction of sp³-hybridized carbons (Fsp3) is 0.667. The van der Waals surface area contributed by atoms with Gasteiger partial charge in [0.05, 0.1) is 6.04 Å². The molecule has 1 heterocycles. The van der Waals surface area contributed by atoms with Crippen molar-refractivity contribution in [2.75, 3.05) is 18.0 Å². The van der Waals surface area contributed by atoms with Crippen molar-refractivity contribution in [1.29, 1.82) is 0 Å². The zero-order valence-electron chi connectivity index (χ0n) is 16.8. The molecule has 0 unspecified atom stereocenters. The number of hydrogen-bond donors (Lipinski definition) is 3. The van der Waals surface area contributed by atoms with Crippen molar-refractivity contribution in [3.8, 4) is 0 Å². The van der Waals surface area contributed by atoms with Crippen LogP contribution in [0.3, 0.4) is 0 Å². The van der Waals surface area contributed by atoms with Crippen LogP contribution < -0.4 is 16.0 Å². The summed E-state index contributed by atoms with van der Waals surface area (Å²) in [6.07, 6.45) is 1.86. The summed E-state index contributed by atoms with van der Waals surface area (Å²) < 4.78 is 0. The molecule has 0 saturated carbocycles. The first-order valence-corrected chi connectivity index (χ1v) is 10.2. The highest BCUT2D eigenvalue weighted by atomic mass is 32.1. The number of rotatable bonds is 6. The molecule has 1 fully saturated rings. The summed E-state index contributed by atoms with van der Waals surface area (Å²) in [4.78, 5) is 15.0. The van der Waals surface area contributed by atoms with E-state index in [0.29, 0.717) is 11.8 Å². The molecular formula is C21H35N3OS. The Morgan fingerprint density at radius 2 is 1.96 bits per heavy atom. The lowest BCUT2D eigenvalue weighted by atomic mass is 9.87. The van der Waals surface area contributed by atoms with Crippen molar-refractivity contribution in [3.05, 3.63) is 29.8 Å². The third-order valence-electron chi connectivity index (χ3n) is 5.45. The summed E-state index contributed by atoms with van der Waals surface area (Å²) in [6, 6.07) is 8.12. The van der Waals surface area contributed by atoms with Crippen LogP contribution in [0.25, 0.3) is 0 Å². The third-order valence-corrected chi connectivity index (χ3v) is 5.85. The third kappa shape index (κ3) is 5.24. The predicted molar refractivity (Wildman–Crippen MR) is 114 cm³/mol. The van der Waals surface area contributed by atoms with Gasteiger partial charge < -0.3 is 16.0 Å². The average Bonchev–Trinajstić information content (AvgIpc) is 3.02. The van der Waals surface area contributed by atoms with E-state index in [9.17, 15) is 4.79 Å². The van der Waals surface area contributed by atoms with E-state index >= 15 is 0 Å². The minimum atomic E-state index is -0.476. The Labute approximate surface area is 164 Å². The highest BCUT2D eigenvalue weighted by Gasteiger charge is 2.30. The molecule has 4 nitrogen and oxygen atoms in total. The molecule has 1 saturated heterocycles. The van der Waals surface area contributed by atoms with Crippen molar-refractivity contribution >= 4 is 24.2 Å². The molecule has 1 aromatic carbocycles. The van der Waals surface area contributed by atoms with E-state index in [0.717, 1.165) is 25.1 Å². The van der Waals surface area contributed by atoms with Gasteiger partial charge in [-0.15, -0.1) is 0 Å². The molecule has 5 heteroatoms. The maximum absolute atomic E-state index is 13.1. The molecule has 26 heavy (non-hydrogen) atoms. The summed E-state index contributed by atoms with van der Waals surface area (Å²) >= 11 is 4.56. The lowest BCUT2D eigenvalue weighted by Gasteiger charge is -2.31. The van der Waals surface area contributed by atoms with Crippen LogP contribution in [0.15, 0.2) is 24.3 Å². The molecule has 1 aliphatic rings. The number of anilines is 1. The number of amides is 1. The fourth-order valence-corrected chi connectivity index (χ4v) is 3.66. The second-order valence-electron chi connectivity index (χ2n) is 8.65. The predicted octanol–water partition coefficient (Wildman–Crippen LogP) is 3.35. The number of thiol groups is 1. The highest BCUT2D eigenvalue weighted by Crippen LogP contribution is 2.26. The van der Waals surface area contributed by atoms with Gasteiger partial charge in [0.1, 0.15) is 0 Å². The van der Waals surface area contributed by atoms with E-state index in [1.54, 1.807) is 0 Å². The monoisotopic (exact) mass is 377 g/mol. The molecule has 3 N–H and O–H groups in total. The summed E-state index contributed by atoms with van der Waals surface area (Å²) in [5.74, 6) is 0.167. The molecular weight excluding hydrogens is 342 g/mol. The number of nitrogens with zero attached hydrogens (tertiary/aromatic N) is 1. The normalized spacial score (nSPS) is 22.9. The van der Waals surface area contributed by atoms with Gasteiger partial charge in [0, 0.05) is 30.1 Å². The Balaban J connectivity index is 2.26. The minimum absolute atomic E-state index is 0.00673. The maximum Gasteiger partial charge on any atom is 0.244 e. The smallest absolute Gasteiger partial charge is 0.244 e. The first-order chi connectivity index (χ1) is 12.1. The van der Waals surface area contributed by atoms with Crippen LogP contribution >= 0.6 is 12.6 Å². The van der Waals surface area contributed by atoms with Crippen LogP contribution in [0.2, 0.25) is 0 Å². The first kappa shape index (κ1) is 21.3. The number of carbonyl (C=O) groups is 1. The standard InChI is InChI=1S/C21H35N3OS/c1-6-14(2)19(22)20(25)24(13-16-11-18(26)12-23-16)17-9-7-15(8-10-17)21(3,4)5/h7-10,14,16,18-19,23,26H,6,11-13,22H2,1-5H3/t14-,16+,18+,19-/m0/s1. The zero-order chi connectivity index (χ0) is 19.5. The summed E-state index contributed by atoms with van der Waals surface area (Å²) in [6.45, 7) is 12.2. The van der Waals surface area contributed by atoms with Crippen molar-refractivity contribution in [3.63, 3.8) is 0 Å². The Hall–Kier alpha value is -1.04. The van der Waals surface area contributed by atoms with Crippen LogP contribution in [-0.2, 0) is 10.2 Å². The van der Waals surface area contributed by atoms with Gasteiger partial charge in [-0.25, -0.2) is 0 Å². The van der Waals surface area contributed by atoms with Gasteiger partial charge in [-0.05, 0) is 35.4 Å². The van der Waals surface area contributed by atoms with Crippen LogP contribution in [-0.4, -0.2) is 36.3 Å². The van der Waals surface area contributed by atoms with Crippen molar-refractivity contribution in [2.24, 2.45) is 11.7 Å². The molecule has 2 rings (SSSR count). The molecule has 0 bridgehead atoms. The zero-order valence-corrected chi connectivity index (χ0v) is 17.7. The Morgan fingerprint density at radius 3 is 2.42 bits per heavy atom. The number of nitrogens with two attached hydrogens (primary N) is 1. The topological polar surface area (TPSA) is 58.4 Å². The van der Waals surface area contributed by atoms with Crippen LogP contribution in [0, 0.1) is 5.92 Å². The quantitative estimate of drug-likeness (QED) is 0.666. The molecule has 0 spiro atoms. The van der Waals surface area contributed by atoms with Crippen molar-refractivity contribution in [1.82, 2.24) is 5.32 Å². The lowest BCUT2D eigenvalue weighted by Crippen LogP contribution is -2.50. The Kier molecular flexibility index (Phi) is 7.17. The molecule has 0 aliphatic carbocycles. The highest BCUT2D eigenvalue weighted by molar-refractivity contribution is 7.81. The van der Waals surface area contributed by atoms with E-state index in [1.807, 2.05) is 11.8 Å². The summed E-state index contributed by atoms with van der Waals surface area (Å²) in [5.41, 5.74) is 8.55. The first-order valence-electron chi connectivity index (χ1n) is 9.72. The molecule has 1 amide bonds. The van der Waals surface area contributed by atoms with E-state index in [1.165, 1.54) is 5.56 Å². The molecule has 0 aromatic heterocycles. The van der Waals surface area contributed by atoms with Gasteiger partial charge in [0.25, 0.3) is 0 Å². The lowest BCUT2D eigenvalue weighted by molar-refractivity contribution is -0.120. The molecule has 1 aromatic rings. The second kappa shape index (κ2) is 8.77. The largest absolute Gasteiger partial charge is 0.320 e. The fourth-order valence-electron chi connectivity index (χ4n) is 3.30. The molecule has 4 atom stereocenters. The Morgan fingerprint density at radius 1 is 1.35 bits per heavy atom. The van der Waals surface area contributed by atoms with Gasteiger partial charge >= 0.3 is 0 Å². The SMILES string of the molecule is CC[C@H](C)[C@H](N)C(=O)N(C[C@H]1C[C@@H](S)CN1)c1ccc(C(C)(C)C)cc1. The van der Waals surface area contributed by atoms with Crippen LogP contribution in [0.5, 0.6) is 0 Å². The second-order valence-corrected chi connectivity index (χ2v) is 9.38. The van der Waals surface area contributed by atoms with Gasteiger partial charge in [0.2, 0.25) is 5.91 Å². The maximum atomic E-state index is 13.1. The summed E-state index contributed by atoms with van der Waals surface area (Å²) in [5, 5.41) is 3.82. The van der Waals surface area contributed by atoms with E-state index < -0.39 is 6.04 Å². The van der Waals surface area contributed by atoms with Crippen molar-refractivity contribution < 1.29 is 4.79 Å². The molecule has 146 valence electrons. The van der Waals surface area contributed by atoms with Gasteiger partial charge in [-0.2, -0.15) is 12.6 Å². The van der Waals surface area contributed by atoms with E-state index in [-0.39, 0.29) is 23.3 Å². The Bertz CT molecular complexity index is 596. The minimum Gasteiger partial charge on any atom is -0.320 e. The number of hydrogen-bond acceptors (Lipinski definition) is 4. The summed E-state index contributed by atoms with van der Waals surface area (Å²) in [7, 11) is 0. The van der Waals surface area contributed by atoms with Gasteiger partial charge in [0.15, 0.2) is 0 Å². The van der Waals surface area contributed by atoms with Crippen LogP contribution in [0.1, 0.15) is 53.0 Å². The molecule has 1 aliphatic heterocycles. The van der Waals surface area contributed by atoms with Gasteiger partial charge in [-0.1, -0.05) is 53.2 Å². The van der Waals surface area contributed by atoms with E-state index in [2.05, 4.69) is 69.9 Å². The average molecular weight is 378 g/mol. The number of carbonyl (C=O) groups excluding carboxylic acids is 1. The molecule has 0 radical (unpaired) electrons.